The van der Waals surface area contributed by atoms with Crippen LogP contribution in [0.25, 0.3) is 10.8 Å². The van der Waals surface area contributed by atoms with Gasteiger partial charge in [0.15, 0.2) is 11.5 Å². The molecule has 0 bridgehead atoms. The van der Waals surface area contributed by atoms with Gasteiger partial charge >= 0.3 is 0 Å². The fraction of sp³-hybridized carbons (Fsp3) is 0.227. The highest BCUT2D eigenvalue weighted by atomic mass is 16.5. The van der Waals surface area contributed by atoms with Crippen molar-refractivity contribution in [3.63, 3.8) is 0 Å². The van der Waals surface area contributed by atoms with Crippen LogP contribution in [0.15, 0.2) is 60.7 Å². The Labute approximate surface area is 153 Å². The van der Waals surface area contributed by atoms with E-state index in [1.807, 2.05) is 18.2 Å². The molecule has 4 heteroatoms. The highest BCUT2D eigenvalue weighted by Gasteiger charge is 2.12. The first-order chi connectivity index (χ1) is 12.7. The number of aliphatic hydroxyl groups excluding tert-OH is 1. The van der Waals surface area contributed by atoms with E-state index >= 15 is 0 Å². The maximum Gasteiger partial charge on any atom is 0.161 e. The second kappa shape index (κ2) is 8.37. The van der Waals surface area contributed by atoms with Crippen molar-refractivity contribution in [2.45, 2.75) is 18.9 Å². The minimum Gasteiger partial charge on any atom is -0.493 e. The molecule has 0 fully saturated rings. The molecule has 0 aliphatic rings. The van der Waals surface area contributed by atoms with E-state index in [1.54, 1.807) is 25.3 Å². The number of hydrogen-bond acceptors (Lipinski definition) is 4. The average molecular weight is 347 g/mol. The first kappa shape index (κ1) is 17.8. The van der Waals surface area contributed by atoms with Gasteiger partial charge < -0.3 is 14.6 Å². The van der Waals surface area contributed by atoms with E-state index in [0.717, 1.165) is 6.42 Å². The Kier molecular flexibility index (Phi) is 5.73. The number of ether oxygens (including phenoxy) is 2. The molecule has 0 heterocycles. The van der Waals surface area contributed by atoms with Crippen LogP contribution < -0.4 is 9.47 Å². The van der Waals surface area contributed by atoms with Gasteiger partial charge in [0.1, 0.15) is 0 Å². The third-order valence-corrected chi connectivity index (χ3v) is 4.37. The van der Waals surface area contributed by atoms with Crippen LogP contribution in [-0.4, -0.2) is 18.8 Å². The van der Waals surface area contributed by atoms with E-state index in [9.17, 15) is 5.11 Å². The molecule has 3 rings (SSSR count). The molecule has 1 N–H and O–H groups in total. The van der Waals surface area contributed by atoms with Crippen LogP contribution in [0.2, 0.25) is 0 Å². The molecule has 0 aliphatic heterocycles. The summed E-state index contributed by atoms with van der Waals surface area (Å²) in [6.07, 6.45) is -0.0246. The van der Waals surface area contributed by atoms with Crippen LogP contribution in [0.5, 0.6) is 11.5 Å². The molecular weight excluding hydrogens is 326 g/mol. The lowest BCUT2D eigenvalue weighted by molar-refractivity contribution is 0.182. The van der Waals surface area contributed by atoms with E-state index in [-0.39, 0.29) is 6.42 Å². The molecule has 0 aromatic heterocycles. The molecule has 0 saturated carbocycles. The lowest BCUT2D eigenvalue weighted by atomic mass is 10.0. The summed E-state index contributed by atoms with van der Waals surface area (Å²) >= 11 is 0. The number of benzene rings is 3. The van der Waals surface area contributed by atoms with E-state index in [1.165, 1.54) is 16.3 Å². The molecule has 0 saturated heterocycles. The second-order valence-corrected chi connectivity index (χ2v) is 6.03. The van der Waals surface area contributed by atoms with Gasteiger partial charge in [0.2, 0.25) is 0 Å². The van der Waals surface area contributed by atoms with Crippen molar-refractivity contribution in [1.29, 1.82) is 5.26 Å². The Balaban J connectivity index is 1.74. The van der Waals surface area contributed by atoms with E-state index < -0.39 is 6.10 Å². The van der Waals surface area contributed by atoms with Gasteiger partial charge in [0, 0.05) is 6.42 Å². The van der Waals surface area contributed by atoms with Gasteiger partial charge in [-0.25, -0.2) is 0 Å². The highest BCUT2D eigenvalue weighted by molar-refractivity contribution is 5.85. The van der Waals surface area contributed by atoms with Gasteiger partial charge in [0.25, 0.3) is 0 Å². The topological polar surface area (TPSA) is 62.5 Å². The molecule has 0 spiro atoms. The quantitative estimate of drug-likeness (QED) is 0.687. The zero-order chi connectivity index (χ0) is 18.4. The van der Waals surface area contributed by atoms with Gasteiger partial charge in [-0.1, -0.05) is 48.5 Å². The Morgan fingerprint density at radius 1 is 1.04 bits per heavy atom. The van der Waals surface area contributed by atoms with Crippen molar-refractivity contribution in [2.24, 2.45) is 0 Å². The van der Waals surface area contributed by atoms with E-state index in [2.05, 4.69) is 30.3 Å². The van der Waals surface area contributed by atoms with Crippen LogP contribution in [-0.2, 0) is 6.42 Å². The Hall–Kier alpha value is -3.03. The van der Waals surface area contributed by atoms with Crippen molar-refractivity contribution in [3.8, 4) is 17.6 Å². The van der Waals surface area contributed by atoms with Crippen LogP contribution in [0, 0.1) is 11.3 Å². The van der Waals surface area contributed by atoms with E-state index in [4.69, 9.17) is 14.7 Å². The van der Waals surface area contributed by atoms with Gasteiger partial charge in [-0.05, 0) is 34.0 Å². The first-order valence-corrected chi connectivity index (χ1v) is 8.55. The van der Waals surface area contributed by atoms with Gasteiger partial charge in [-0.2, -0.15) is 5.26 Å². The van der Waals surface area contributed by atoms with Gasteiger partial charge in [-0.15, -0.1) is 0 Å². The summed E-state index contributed by atoms with van der Waals surface area (Å²) in [5.41, 5.74) is 1.87. The standard InChI is InChI=1S/C22H21NO3/c1-25-21-10-9-18(20(24)11-13-23)15-22(21)26-14-12-17-7-4-6-16-5-2-3-8-19(16)17/h2-10,15,20,24H,11-12,14H2,1H3. The number of nitrogens with zero attached hydrogens (tertiary/aromatic N) is 1. The van der Waals surface area contributed by atoms with Crippen LogP contribution in [0.3, 0.4) is 0 Å². The number of hydrogen-bond donors (Lipinski definition) is 1. The number of fused-ring (bicyclic) bond motifs is 1. The second-order valence-electron chi connectivity index (χ2n) is 6.03. The molecule has 0 aliphatic carbocycles. The summed E-state index contributed by atoms with van der Waals surface area (Å²) in [7, 11) is 1.58. The number of aliphatic hydroxyl groups is 1. The zero-order valence-electron chi connectivity index (χ0n) is 14.7. The minimum atomic E-state index is -0.827. The van der Waals surface area contributed by atoms with Gasteiger partial charge in [-0.3, -0.25) is 0 Å². The first-order valence-electron chi connectivity index (χ1n) is 8.55. The molecule has 1 unspecified atom stereocenters. The molecular formula is C22H21NO3. The number of nitriles is 1. The molecule has 0 radical (unpaired) electrons. The molecule has 0 amide bonds. The summed E-state index contributed by atoms with van der Waals surface area (Å²) in [5.74, 6) is 1.18. The van der Waals surface area contributed by atoms with Crippen molar-refractivity contribution in [3.05, 3.63) is 71.8 Å². The average Bonchev–Trinajstić information content (AvgIpc) is 2.68. The van der Waals surface area contributed by atoms with Crippen molar-refractivity contribution in [1.82, 2.24) is 0 Å². The predicted octanol–water partition coefficient (Wildman–Crippen LogP) is 4.42. The van der Waals surface area contributed by atoms with Crippen LogP contribution in [0.1, 0.15) is 23.7 Å². The maximum absolute atomic E-state index is 10.0. The Morgan fingerprint density at radius 2 is 1.85 bits per heavy atom. The Morgan fingerprint density at radius 3 is 2.65 bits per heavy atom. The number of methoxy groups -OCH3 is 1. The van der Waals surface area contributed by atoms with Gasteiger partial charge in [0.05, 0.1) is 32.3 Å². The summed E-state index contributed by atoms with van der Waals surface area (Å²) in [6.45, 7) is 0.488. The van der Waals surface area contributed by atoms with Crippen LogP contribution >= 0.6 is 0 Å². The molecule has 1 atom stereocenters. The maximum atomic E-state index is 10.0. The predicted molar refractivity (Wildman–Crippen MR) is 101 cm³/mol. The summed E-state index contributed by atoms with van der Waals surface area (Å²) in [4.78, 5) is 0. The summed E-state index contributed by atoms with van der Waals surface area (Å²) in [6, 6.07) is 21.8. The number of rotatable bonds is 7. The fourth-order valence-corrected chi connectivity index (χ4v) is 3.00. The molecule has 132 valence electrons. The van der Waals surface area contributed by atoms with Crippen molar-refractivity contribution >= 4 is 10.8 Å². The van der Waals surface area contributed by atoms with Crippen molar-refractivity contribution in [2.75, 3.05) is 13.7 Å². The SMILES string of the molecule is COc1ccc(C(O)CC#N)cc1OCCc1cccc2ccccc12. The lowest BCUT2D eigenvalue weighted by Gasteiger charge is -2.14. The fourth-order valence-electron chi connectivity index (χ4n) is 3.00. The smallest absolute Gasteiger partial charge is 0.161 e. The minimum absolute atomic E-state index is 0.0434. The third kappa shape index (κ3) is 3.96. The van der Waals surface area contributed by atoms with Crippen LogP contribution in [0.4, 0.5) is 0 Å². The van der Waals surface area contributed by atoms with Crippen molar-refractivity contribution < 1.29 is 14.6 Å². The lowest BCUT2D eigenvalue weighted by Crippen LogP contribution is -2.04. The molecule has 3 aromatic carbocycles. The molecule has 3 aromatic rings. The van der Waals surface area contributed by atoms with E-state index in [0.29, 0.717) is 23.7 Å². The highest BCUT2D eigenvalue weighted by Crippen LogP contribution is 2.31. The normalized spacial score (nSPS) is 11.7. The largest absolute Gasteiger partial charge is 0.493 e. The Bertz CT molecular complexity index is 925. The summed E-state index contributed by atoms with van der Waals surface area (Å²) < 4.78 is 11.3. The zero-order valence-corrected chi connectivity index (χ0v) is 14.7. The molecule has 26 heavy (non-hydrogen) atoms. The monoisotopic (exact) mass is 347 g/mol. The molecule has 4 nitrogen and oxygen atoms in total. The summed E-state index contributed by atoms with van der Waals surface area (Å²) in [5, 5.41) is 21.2. The third-order valence-electron chi connectivity index (χ3n) is 4.37.